The second-order valence-electron chi connectivity index (χ2n) is 7.61. The molecule has 4 heterocycles. The minimum absolute atomic E-state index is 0.213. The van der Waals surface area contributed by atoms with Crippen molar-refractivity contribution in [1.82, 2.24) is 15.0 Å². The number of nitrogens with zero attached hydrogens (tertiary/aromatic N) is 4. The Morgan fingerprint density at radius 2 is 2.18 bits per heavy atom. The molecule has 0 saturated carbocycles. The summed E-state index contributed by atoms with van der Waals surface area (Å²) < 4.78 is 11.0. The first-order valence-electron chi connectivity index (χ1n) is 10.8. The van der Waals surface area contributed by atoms with Gasteiger partial charge in [-0.05, 0) is 50.6 Å². The molecule has 34 heavy (non-hydrogen) atoms. The Hall–Kier alpha value is -3.69. The van der Waals surface area contributed by atoms with Crippen LogP contribution < -0.4 is 5.32 Å². The lowest BCUT2D eigenvalue weighted by Gasteiger charge is -2.15. The minimum Gasteiger partial charge on any atom is -0.466 e. The fraction of sp³-hybridized carbons (Fsp3) is 0.240. The van der Waals surface area contributed by atoms with E-state index >= 15 is 0 Å². The number of hydrogen-bond donors (Lipinski definition) is 1. The lowest BCUT2D eigenvalue weighted by molar-refractivity contribution is 0.101. The summed E-state index contributed by atoms with van der Waals surface area (Å²) in [4.78, 5) is 31.3. The van der Waals surface area contributed by atoms with Crippen molar-refractivity contribution in [1.29, 1.82) is 0 Å². The van der Waals surface area contributed by atoms with Crippen LogP contribution >= 0.6 is 11.3 Å². The highest BCUT2D eigenvalue weighted by Gasteiger charge is 2.20. The summed E-state index contributed by atoms with van der Waals surface area (Å²) in [5, 5.41) is 4.19. The van der Waals surface area contributed by atoms with E-state index in [9.17, 15) is 4.79 Å². The number of carbonyl (C=O) groups is 1. The maximum absolute atomic E-state index is 12.4. The minimum atomic E-state index is -0.311. The van der Waals surface area contributed by atoms with Gasteiger partial charge in [-0.2, -0.15) is 0 Å². The van der Waals surface area contributed by atoms with Crippen molar-refractivity contribution >= 4 is 39.5 Å². The summed E-state index contributed by atoms with van der Waals surface area (Å²) in [6.07, 6.45) is 8.46. The lowest BCUT2D eigenvalue weighted by Crippen LogP contribution is -2.09. The molecule has 0 spiro atoms. The number of aromatic nitrogens is 3. The molecule has 4 aromatic heterocycles. The number of amides is 1. The van der Waals surface area contributed by atoms with E-state index in [1.165, 1.54) is 17.6 Å². The van der Waals surface area contributed by atoms with Gasteiger partial charge in [0.25, 0.3) is 5.91 Å². The number of methoxy groups -OCH3 is 1. The fourth-order valence-electron chi connectivity index (χ4n) is 3.48. The Labute approximate surface area is 201 Å². The molecular weight excluding hydrogens is 450 g/mol. The number of fused-ring (bicyclic) bond motifs is 1. The molecule has 0 radical (unpaired) electrons. The van der Waals surface area contributed by atoms with Crippen molar-refractivity contribution in [2.24, 2.45) is 4.99 Å². The highest BCUT2D eigenvalue weighted by atomic mass is 32.1. The van der Waals surface area contributed by atoms with Crippen LogP contribution in [-0.4, -0.2) is 34.2 Å². The predicted octanol–water partition coefficient (Wildman–Crippen LogP) is 5.76. The summed E-state index contributed by atoms with van der Waals surface area (Å²) in [5.41, 5.74) is 2.70. The first kappa shape index (κ1) is 23.5. The molecule has 4 rings (SSSR count). The number of allylic oxidation sites excluding steroid dienone is 2. The number of ether oxygens (including phenoxy) is 1. The number of thiophene rings is 1. The Morgan fingerprint density at radius 1 is 1.32 bits per heavy atom. The van der Waals surface area contributed by atoms with Crippen molar-refractivity contribution in [3.8, 4) is 11.3 Å². The van der Waals surface area contributed by atoms with Crippen molar-refractivity contribution < 1.29 is 13.9 Å². The largest absolute Gasteiger partial charge is 0.466 e. The first-order valence-corrected chi connectivity index (χ1v) is 11.6. The second kappa shape index (κ2) is 10.5. The zero-order valence-corrected chi connectivity index (χ0v) is 20.2. The fourth-order valence-corrected chi connectivity index (χ4v) is 4.45. The molecule has 1 amide bonds. The Kier molecular flexibility index (Phi) is 7.24. The van der Waals surface area contributed by atoms with E-state index in [1.807, 2.05) is 45.0 Å². The van der Waals surface area contributed by atoms with Crippen molar-refractivity contribution in [3.63, 3.8) is 0 Å². The van der Waals surface area contributed by atoms with Gasteiger partial charge in [0, 0.05) is 25.1 Å². The van der Waals surface area contributed by atoms with Gasteiger partial charge in [0.1, 0.15) is 22.2 Å². The van der Waals surface area contributed by atoms with Crippen LogP contribution in [0, 0.1) is 6.92 Å². The van der Waals surface area contributed by atoms with Crippen molar-refractivity contribution in [2.45, 2.75) is 33.4 Å². The monoisotopic (exact) mass is 475 g/mol. The number of aryl methyl sites for hydroxylation is 1. The first-order chi connectivity index (χ1) is 16.5. The number of nitrogens with one attached hydrogen (secondary N) is 1. The van der Waals surface area contributed by atoms with Gasteiger partial charge in [-0.15, -0.1) is 11.3 Å². The number of aliphatic imine (C=N–C) groups is 1. The van der Waals surface area contributed by atoms with Gasteiger partial charge < -0.3 is 14.5 Å². The van der Waals surface area contributed by atoms with Crippen LogP contribution in [0.1, 0.15) is 46.7 Å². The Bertz CT molecular complexity index is 1350. The molecule has 4 aromatic rings. The maximum Gasteiger partial charge on any atom is 0.287 e. The molecule has 174 valence electrons. The summed E-state index contributed by atoms with van der Waals surface area (Å²) >= 11 is 1.30. The highest BCUT2D eigenvalue weighted by molar-refractivity contribution is 7.20. The SMILES string of the molecule is C/C=C/C=NC(=O)c1cc2c(NC(C)c3occc3-c3ccc(COC)cn3)nc(C)nc2s1. The standard InChI is InChI=1S/C25H25N5O3S/c1-5-6-10-26-24(31)21-12-19-23(29-16(3)30-25(19)34-21)28-15(2)22-18(9-11-33-22)20-8-7-17(13-27-20)14-32-4/h5-13,15H,14H2,1-4H3,(H,28,29,30)/b6-5+,26-10?. The second-order valence-corrected chi connectivity index (χ2v) is 8.64. The average molecular weight is 476 g/mol. The maximum atomic E-state index is 12.4. The molecule has 1 N–H and O–H groups in total. The average Bonchev–Trinajstić information content (AvgIpc) is 3.47. The zero-order chi connectivity index (χ0) is 24.1. The van der Waals surface area contributed by atoms with Crippen LogP contribution in [-0.2, 0) is 11.3 Å². The van der Waals surface area contributed by atoms with Crippen molar-refractivity contribution in [2.75, 3.05) is 12.4 Å². The molecule has 0 aromatic carbocycles. The number of hydrogen-bond acceptors (Lipinski definition) is 8. The van der Waals surface area contributed by atoms with Gasteiger partial charge in [0.2, 0.25) is 0 Å². The van der Waals surface area contributed by atoms with Crippen LogP contribution in [0.2, 0.25) is 0 Å². The summed E-state index contributed by atoms with van der Waals surface area (Å²) in [7, 11) is 1.66. The van der Waals surface area contributed by atoms with E-state index in [1.54, 1.807) is 31.7 Å². The van der Waals surface area contributed by atoms with E-state index in [0.29, 0.717) is 23.1 Å². The van der Waals surface area contributed by atoms with E-state index < -0.39 is 0 Å². The van der Waals surface area contributed by atoms with Gasteiger partial charge in [-0.25, -0.2) is 15.0 Å². The zero-order valence-electron chi connectivity index (χ0n) is 19.4. The third-order valence-electron chi connectivity index (χ3n) is 5.04. The van der Waals surface area contributed by atoms with E-state index in [-0.39, 0.29) is 11.9 Å². The molecule has 0 bridgehead atoms. The van der Waals surface area contributed by atoms with Gasteiger partial charge in [-0.1, -0.05) is 12.1 Å². The third-order valence-corrected chi connectivity index (χ3v) is 6.06. The van der Waals surface area contributed by atoms with E-state index in [4.69, 9.17) is 9.15 Å². The van der Waals surface area contributed by atoms with E-state index in [2.05, 4.69) is 25.3 Å². The molecule has 0 fully saturated rings. The number of rotatable bonds is 8. The number of furan rings is 1. The topological polar surface area (TPSA) is 102 Å². The Balaban J connectivity index is 1.62. The van der Waals surface area contributed by atoms with Gasteiger partial charge >= 0.3 is 0 Å². The van der Waals surface area contributed by atoms with Crippen LogP contribution in [0.3, 0.4) is 0 Å². The summed E-state index contributed by atoms with van der Waals surface area (Å²) in [5.74, 6) is 1.66. The lowest BCUT2D eigenvalue weighted by atomic mass is 10.1. The molecule has 0 saturated heterocycles. The molecule has 1 unspecified atom stereocenters. The molecule has 0 aliphatic carbocycles. The molecule has 8 nitrogen and oxygen atoms in total. The molecular formula is C25H25N5O3S. The predicted molar refractivity (Wildman–Crippen MR) is 134 cm³/mol. The number of carbonyl (C=O) groups excluding carboxylic acids is 1. The molecule has 0 aliphatic heterocycles. The number of anilines is 1. The van der Waals surface area contributed by atoms with Crippen LogP contribution in [0.15, 0.2) is 58.3 Å². The number of pyridine rings is 1. The highest BCUT2D eigenvalue weighted by Crippen LogP contribution is 2.34. The van der Waals surface area contributed by atoms with Crippen LogP contribution in [0.4, 0.5) is 5.82 Å². The van der Waals surface area contributed by atoms with Crippen LogP contribution in [0.25, 0.3) is 21.5 Å². The normalized spacial score (nSPS) is 12.7. The molecule has 9 heteroatoms. The smallest absolute Gasteiger partial charge is 0.287 e. The third kappa shape index (κ3) is 5.11. The van der Waals surface area contributed by atoms with Gasteiger partial charge in [0.05, 0.1) is 34.9 Å². The Morgan fingerprint density at radius 3 is 2.91 bits per heavy atom. The van der Waals surface area contributed by atoms with Gasteiger partial charge in [-0.3, -0.25) is 9.78 Å². The van der Waals surface area contributed by atoms with Crippen LogP contribution in [0.5, 0.6) is 0 Å². The summed E-state index contributed by atoms with van der Waals surface area (Å²) in [6.45, 7) is 6.19. The quantitative estimate of drug-likeness (QED) is 0.323. The molecule has 1 atom stereocenters. The van der Waals surface area contributed by atoms with E-state index in [0.717, 1.165) is 32.8 Å². The van der Waals surface area contributed by atoms with Crippen molar-refractivity contribution in [3.05, 3.63) is 70.9 Å². The molecule has 0 aliphatic rings. The van der Waals surface area contributed by atoms with Gasteiger partial charge in [0.15, 0.2) is 0 Å². The summed E-state index contributed by atoms with van der Waals surface area (Å²) in [6, 6.07) is 7.41.